The van der Waals surface area contributed by atoms with Crippen molar-refractivity contribution in [2.24, 2.45) is 0 Å². The van der Waals surface area contributed by atoms with Crippen molar-refractivity contribution in [2.75, 3.05) is 13.6 Å². The summed E-state index contributed by atoms with van der Waals surface area (Å²) < 4.78 is 39.9. The van der Waals surface area contributed by atoms with E-state index >= 15 is 0 Å². The average Bonchev–Trinajstić information content (AvgIpc) is 2.41. The second-order valence-electron chi connectivity index (χ2n) is 4.97. The zero-order chi connectivity index (χ0) is 15.4. The van der Waals surface area contributed by atoms with E-state index in [1.165, 1.54) is 18.2 Å². The monoisotopic (exact) mass is 295 g/mol. The number of benzene rings is 2. The van der Waals surface area contributed by atoms with Crippen molar-refractivity contribution in [1.29, 1.82) is 0 Å². The SMILES string of the molecule is CN(Cc1ccc(F)cc1)CC(O)c1c(F)cccc1F. The van der Waals surface area contributed by atoms with E-state index in [4.69, 9.17) is 0 Å². The van der Waals surface area contributed by atoms with Crippen molar-refractivity contribution in [3.63, 3.8) is 0 Å². The lowest BCUT2D eigenvalue weighted by Crippen LogP contribution is -2.25. The van der Waals surface area contributed by atoms with Gasteiger partial charge in [-0.05, 0) is 36.9 Å². The molecule has 2 aromatic rings. The quantitative estimate of drug-likeness (QED) is 0.915. The Kier molecular flexibility index (Phi) is 4.98. The van der Waals surface area contributed by atoms with Gasteiger partial charge in [0.2, 0.25) is 0 Å². The average molecular weight is 295 g/mol. The molecule has 0 amide bonds. The number of aliphatic hydroxyl groups excluding tert-OH is 1. The summed E-state index contributed by atoms with van der Waals surface area (Å²) in [5, 5.41) is 9.99. The van der Waals surface area contributed by atoms with Gasteiger partial charge in [0.1, 0.15) is 17.5 Å². The van der Waals surface area contributed by atoms with Gasteiger partial charge in [-0.25, -0.2) is 13.2 Å². The maximum Gasteiger partial charge on any atom is 0.131 e. The second kappa shape index (κ2) is 6.74. The van der Waals surface area contributed by atoms with Crippen LogP contribution >= 0.6 is 0 Å². The number of hydrogen-bond acceptors (Lipinski definition) is 2. The molecule has 0 radical (unpaired) electrons. The molecule has 1 unspecified atom stereocenters. The fourth-order valence-electron chi connectivity index (χ4n) is 2.18. The normalized spacial score (nSPS) is 12.7. The lowest BCUT2D eigenvalue weighted by molar-refractivity contribution is 0.117. The smallest absolute Gasteiger partial charge is 0.131 e. The van der Waals surface area contributed by atoms with Gasteiger partial charge in [0.25, 0.3) is 0 Å². The fourth-order valence-corrected chi connectivity index (χ4v) is 2.18. The maximum atomic E-state index is 13.6. The highest BCUT2D eigenvalue weighted by atomic mass is 19.1. The molecule has 0 aromatic heterocycles. The molecule has 2 aromatic carbocycles. The Labute approximate surface area is 121 Å². The molecule has 2 rings (SSSR count). The topological polar surface area (TPSA) is 23.5 Å². The highest BCUT2D eigenvalue weighted by molar-refractivity contribution is 5.22. The summed E-state index contributed by atoms with van der Waals surface area (Å²) >= 11 is 0. The predicted octanol–water partition coefficient (Wildman–Crippen LogP) is 3.27. The molecule has 0 fully saturated rings. The minimum atomic E-state index is -1.27. The summed E-state index contributed by atoms with van der Waals surface area (Å²) in [4.78, 5) is 1.71. The molecule has 2 nitrogen and oxygen atoms in total. The Hall–Kier alpha value is -1.85. The molecule has 0 aliphatic rings. The third-order valence-electron chi connectivity index (χ3n) is 3.18. The maximum absolute atomic E-state index is 13.6. The van der Waals surface area contributed by atoms with Crippen LogP contribution in [0.5, 0.6) is 0 Å². The minimum absolute atomic E-state index is 0.0647. The van der Waals surface area contributed by atoms with E-state index in [2.05, 4.69) is 0 Å². The molecular formula is C16H16F3NO. The highest BCUT2D eigenvalue weighted by Gasteiger charge is 2.19. The van der Waals surface area contributed by atoms with Gasteiger partial charge in [0.15, 0.2) is 0 Å². The van der Waals surface area contributed by atoms with Crippen molar-refractivity contribution < 1.29 is 18.3 Å². The van der Waals surface area contributed by atoms with Crippen molar-refractivity contribution >= 4 is 0 Å². The molecule has 21 heavy (non-hydrogen) atoms. The van der Waals surface area contributed by atoms with Crippen molar-refractivity contribution in [1.82, 2.24) is 4.90 Å². The number of halogens is 3. The summed E-state index contributed by atoms with van der Waals surface area (Å²) in [5.41, 5.74) is 0.517. The van der Waals surface area contributed by atoms with E-state index in [-0.39, 0.29) is 17.9 Å². The molecule has 0 heterocycles. The lowest BCUT2D eigenvalue weighted by Gasteiger charge is -2.21. The van der Waals surface area contributed by atoms with E-state index in [1.807, 2.05) is 0 Å². The molecule has 1 atom stereocenters. The van der Waals surface area contributed by atoms with Crippen molar-refractivity contribution in [3.8, 4) is 0 Å². The number of rotatable bonds is 5. The van der Waals surface area contributed by atoms with E-state index in [0.29, 0.717) is 6.54 Å². The largest absolute Gasteiger partial charge is 0.387 e. The van der Waals surface area contributed by atoms with E-state index in [0.717, 1.165) is 17.7 Å². The molecule has 0 saturated heterocycles. The Bertz CT molecular complexity index is 581. The van der Waals surface area contributed by atoms with Crippen molar-refractivity contribution in [3.05, 3.63) is 71.0 Å². The molecule has 5 heteroatoms. The van der Waals surface area contributed by atoms with Gasteiger partial charge in [0.05, 0.1) is 11.7 Å². The Morgan fingerprint density at radius 1 is 1.00 bits per heavy atom. The first-order chi connectivity index (χ1) is 9.97. The van der Waals surface area contributed by atoms with Crippen LogP contribution in [0.2, 0.25) is 0 Å². The molecule has 0 aliphatic heterocycles. The summed E-state index contributed by atoms with van der Waals surface area (Å²) in [5.74, 6) is -1.86. The lowest BCUT2D eigenvalue weighted by atomic mass is 10.1. The summed E-state index contributed by atoms with van der Waals surface area (Å²) in [7, 11) is 1.71. The van der Waals surface area contributed by atoms with Gasteiger partial charge in [-0.3, -0.25) is 4.90 Å². The van der Waals surface area contributed by atoms with Gasteiger partial charge in [-0.15, -0.1) is 0 Å². The van der Waals surface area contributed by atoms with Crippen LogP contribution in [0, 0.1) is 17.5 Å². The molecule has 0 spiro atoms. The zero-order valence-corrected chi connectivity index (χ0v) is 11.6. The number of likely N-dealkylation sites (N-methyl/N-ethyl adjacent to an activating group) is 1. The van der Waals surface area contributed by atoms with Gasteiger partial charge in [-0.2, -0.15) is 0 Å². The van der Waals surface area contributed by atoms with Gasteiger partial charge >= 0.3 is 0 Å². The van der Waals surface area contributed by atoms with Crippen LogP contribution in [0.15, 0.2) is 42.5 Å². The third kappa shape index (κ3) is 4.06. The third-order valence-corrected chi connectivity index (χ3v) is 3.18. The van der Waals surface area contributed by atoms with Gasteiger partial charge < -0.3 is 5.11 Å². The molecular weight excluding hydrogens is 279 g/mol. The predicted molar refractivity (Wildman–Crippen MR) is 74.1 cm³/mol. The van der Waals surface area contributed by atoms with Gasteiger partial charge in [-0.1, -0.05) is 18.2 Å². The molecule has 0 saturated carbocycles. The first kappa shape index (κ1) is 15.5. The Balaban J connectivity index is 2.02. The number of nitrogens with zero attached hydrogens (tertiary/aromatic N) is 1. The fraction of sp³-hybridized carbons (Fsp3) is 0.250. The summed E-state index contributed by atoms with van der Waals surface area (Å²) in [6.07, 6.45) is -1.27. The Morgan fingerprint density at radius 2 is 1.57 bits per heavy atom. The second-order valence-corrected chi connectivity index (χ2v) is 4.97. The van der Waals surface area contributed by atoms with E-state index < -0.39 is 17.7 Å². The summed E-state index contributed by atoms with van der Waals surface area (Å²) in [6, 6.07) is 9.42. The van der Waals surface area contributed by atoms with Crippen LogP contribution in [0.4, 0.5) is 13.2 Å². The Morgan fingerprint density at radius 3 is 2.14 bits per heavy atom. The molecule has 0 bridgehead atoms. The van der Waals surface area contributed by atoms with Gasteiger partial charge in [0, 0.05) is 13.1 Å². The van der Waals surface area contributed by atoms with E-state index in [1.54, 1.807) is 24.1 Å². The number of aliphatic hydroxyl groups is 1. The van der Waals surface area contributed by atoms with Crippen LogP contribution in [-0.2, 0) is 6.54 Å². The van der Waals surface area contributed by atoms with Crippen molar-refractivity contribution in [2.45, 2.75) is 12.6 Å². The highest BCUT2D eigenvalue weighted by Crippen LogP contribution is 2.21. The zero-order valence-electron chi connectivity index (χ0n) is 11.6. The summed E-state index contributed by atoms with van der Waals surface area (Å²) in [6.45, 7) is 0.503. The number of hydrogen-bond donors (Lipinski definition) is 1. The first-order valence-electron chi connectivity index (χ1n) is 6.52. The van der Waals surface area contributed by atoms with E-state index in [9.17, 15) is 18.3 Å². The van der Waals surface area contributed by atoms with Crippen LogP contribution in [0.3, 0.4) is 0 Å². The molecule has 1 N–H and O–H groups in total. The molecule has 112 valence electrons. The van der Waals surface area contributed by atoms with Crippen LogP contribution in [0.25, 0.3) is 0 Å². The first-order valence-corrected chi connectivity index (χ1v) is 6.52. The standard InChI is InChI=1S/C16H16F3NO/c1-20(9-11-5-7-12(17)8-6-11)10-15(21)16-13(18)3-2-4-14(16)19/h2-8,15,21H,9-10H2,1H3. The van der Waals surface area contributed by atoms with Crippen LogP contribution < -0.4 is 0 Å². The molecule has 0 aliphatic carbocycles. The van der Waals surface area contributed by atoms with Crippen LogP contribution in [-0.4, -0.2) is 23.6 Å². The minimum Gasteiger partial charge on any atom is -0.387 e. The van der Waals surface area contributed by atoms with Crippen LogP contribution in [0.1, 0.15) is 17.2 Å².